The first kappa shape index (κ1) is 17.7. The highest BCUT2D eigenvalue weighted by Crippen LogP contribution is 2.36. The van der Waals surface area contributed by atoms with Crippen LogP contribution in [0.4, 0.5) is 0 Å². The van der Waals surface area contributed by atoms with E-state index in [9.17, 15) is 4.79 Å². The molecule has 4 heterocycles. The Morgan fingerprint density at radius 3 is 2.92 bits per heavy atom. The molecule has 0 bridgehead atoms. The average Bonchev–Trinajstić information content (AvgIpc) is 3.43. The smallest absolute Gasteiger partial charge is 0.264 e. The molecule has 2 aromatic rings. The summed E-state index contributed by atoms with van der Waals surface area (Å²) in [6.07, 6.45) is 7.37. The van der Waals surface area contributed by atoms with Gasteiger partial charge in [0.2, 0.25) is 0 Å². The summed E-state index contributed by atoms with van der Waals surface area (Å²) in [5, 5.41) is 4.27. The molecular weight excluding hydrogens is 348 g/mol. The highest BCUT2D eigenvalue weighted by molar-refractivity contribution is 7.14. The summed E-state index contributed by atoms with van der Waals surface area (Å²) in [4.78, 5) is 19.3. The van der Waals surface area contributed by atoms with Gasteiger partial charge in [-0.15, -0.1) is 11.3 Å². The Hall–Kier alpha value is -1.70. The normalized spacial score (nSPS) is 21.4. The molecule has 0 spiro atoms. The van der Waals surface area contributed by atoms with Gasteiger partial charge in [-0.3, -0.25) is 14.4 Å². The Kier molecular flexibility index (Phi) is 5.67. The van der Waals surface area contributed by atoms with E-state index in [0.29, 0.717) is 32.3 Å². The Bertz CT molecular complexity index is 709. The van der Waals surface area contributed by atoms with Gasteiger partial charge in [0.25, 0.3) is 5.91 Å². The molecule has 26 heavy (non-hydrogen) atoms. The average molecular weight is 375 g/mol. The molecule has 2 fully saturated rings. The van der Waals surface area contributed by atoms with Gasteiger partial charge in [0, 0.05) is 49.5 Å². The second-order valence-electron chi connectivity index (χ2n) is 6.92. The van der Waals surface area contributed by atoms with Crippen LogP contribution in [0, 0.1) is 0 Å². The van der Waals surface area contributed by atoms with E-state index < -0.39 is 0 Å². The van der Waals surface area contributed by atoms with E-state index in [-0.39, 0.29) is 5.91 Å². The molecule has 0 aliphatic carbocycles. The van der Waals surface area contributed by atoms with Crippen molar-refractivity contribution < 1.29 is 9.53 Å². The van der Waals surface area contributed by atoms with Gasteiger partial charge in [0.1, 0.15) is 0 Å². The van der Waals surface area contributed by atoms with E-state index >= 15 is 0 Å². The van der Waals surface area contributed by atoms with E-state index in [2.05, 4.69) is 16.1 Å². The third-order valence-electron chi connectivity index (χ3n) is 5.22. The molecule has 1 amide bonds. The fraction of sp³-hybridized carbons (Fsp3) is 0.579. The van der Waals surface area contributed by atoms with Crippen LogP contribution in [-0.2, 0) is 11.3 Å². The second-order valence-corrected chi connectivity index (χ2v) is 8.04. The standard InChI is InChI=1S/C19H26N4O2S/c24-19(22-12-14-25-15-13-22)18-6-5-17(26-18)16-4-1-8-21(16)9-3-11-23-10-2-7-20-23/h2,5-7,10,16H,1,3-4,8-9,11-15H2. The Balaban J connectivity index is 1.35. The molecule has 6 nitrogen and oxygen atoms in total. The van der Waals surface area contributed by atoms with Crippen molar-refractivity contribution in [2.75, 3.05) is 39.4 Å². The molecule has 4 rings (SSSR count). The van der Waals surface area contributed by atoms with Crippen LogP contribution in [0.5, 0.6) is 0 Å². The number of rotatable bonds is 6. The summed E-state index contributed by atoms with van der Waals surface area (Å²) in [6.45, 7) is 5.89. The summed E-state index contributed by atoms with van der Waals surface area (Å²) >= 11 is 1.68. The van der Waals surface area contributed by atoms with Crippen molar-refractivity contribution in [3.63, 3.8) is 0 Å². The molecule has 1 atom stereocenters. The lowest BCUT2D eigenvalue weighted by Gasteiger charge is -2.26. The number of ether oxygens (including phenoxy) is 1. The van der Waals surface area contributed by atoms with Crippen molar-refractivity contribution in [1.29, 1.82) is 0 Å². The SMILES string of the molecule is O=C(c1ccc(C2CCCN2CCCn2cccn2)s1)N1CCOCC1. The highest BCUT2D eigenvalue weighted by atomic mass is 32.1. The fourth-order valence-corrected chi connectivity index (χ4v) is 5.00. The second kappa shape index (κ2) is 8.33. The number of hydrogen-bond donors (Lipinski definition) is 0. The number of carbonyl (C=O) groups is 1. The predicted molar refractivity (Wildman–Crippen MR) is 101 cm³/mol. The molecule has 140 valence electrons. The summed E-state index contributed by atoms with van der Waals surface area (Å²) in [5.41, 5.74) is 0. The Labute approximate surface area is 158 Å². The molecule has 2 aromatic heterocycles. The number of thiophene rings is 1. The molecule has 0 aromatic carbocycles. The fourth-order valence-electron chi connectivity index (χ4n) is 3.85. The monoisotopic (exact) mass is 374 g/mol. The summed E-state index contributed by atoms with van der Waals surface area (Å²) < 4.78 is 7.34. The molecule has 0 radical (unpaired) electrons. The van der Waals surface area contributed by atoms with Crippen molar-refractivity contribution in [3.8, 4) is 0 Å². The van der Waals surface area contributed by atoms with Crippen LogP contribution in [0.1, 0.15) is 39.9 Å². The maximum absolute atomic E-state index is 12.7. The Morgan fingerprint density at radius 1 is 1.23 bits per heavy atom. The van der Waals surface area contributed by atoms with E-state index in [0.717, 1.165) is 30.9 Å². The van der Waals surface area contributed by atoms with Crippen LogP contribution in [0.15, 0.2) is 30.6 Å². The molecule has 7 heteroatoms. The third kappa shape index (κ3) is 4.00. The van der Waals surface area contributed by atoms with Crippen LogP contribution in [0.3, 0.4) is 0 Å². The van der Waals surface area contributed by atoms with Crippen LogP contribution in [0.2, 0.25) is 0 Å². The van der Waals surface area contributed by atoms with E-state index in [1.807, 2.05) is 34.1 Å². The van der Waals surface area contributed by atoms with Gasteiger partial charge in [-0.25, -0.2) is 0 Å². The maximum Gasteiger partial charge on any atom is 0.264 e. The minimum atomic E-state index is 0.160. The van der Waals surface area contributed by atoms with E-state index in [1.165, 1.54) is 17.7 Å². The highest BCUT2D eigenvalue weighted by Gasteiger charge is 2.28. The number of nitrogens with zero attached hydrogens (tertiary/aromatic N) is 4. The van der Waals surface area contributed by atoms with Crippen molar-refractivity contribution >= 4 is 17.2 Å². The van der Waals surface area contributed by atoms with Crippen LogP contribution < -0.4 is 0 Å². The van der Waals surface area contributed by atoms with Crippen LogP contribution >= 0.6 is 11.3 Å². The van der Waals surface area contributed by atoms with E-state index in [1.54, 1.807) is 11.3 Å². The van der Waals surface area contributed by atoms with Crippen molar-refractivity contribution in [3.05, 3.63) is 40.3 Å². The zero-order valence-corrected chi connectivity index (χ0v) is 15.9. The first-order valence-corrected chi connectivity index (χ1v) is 10.3. The zero-order valence-electron chi connectivity index (χ0n) is 15.0. The molecule has 2 aliphatic heterocycles. The first-order chi connectivity index (χ1) is 12.8. The van der Waals surface area contributed by atoms with E-state index in [4.69, 9.17) is 4.74 Å². The third-order valence-corrected chi connectivity index (χ3v) is 6.39. The number of morpholine rings is 1. The number of aromatic nitrogens is 2. The minimum Gasteiger partial charge on any atom is -0.378 e. The molecule has 2 saturated heterocycles. The van der Waals surface area contributed by atoms with Gasteiger partial charge < -0.3 is 9.64 Å². The van der Waals surface area contributed by atoms with Gasteiger partial charge in [-0.2, -0.15) is 5.10 Å². The summed E-state index contributed by atoms with van der Waals surface area (Å²) in [7, 11) is 0. The number of carbonyl (C=O) groups excluding carboxylic acids is 1. The van der Waals surface area contributed by atoms with Crippen molar-refractivity contribution in [2.45, 2.75) is 31.8 Å². The molecule has 1 unspecified atom stereocenters. The Morgan fingerprint density at radius 2 is 2.12 bits per heavy atom. The lowest BCUT2D eigenvalue weighted by atomic mass is 10.2. The van der Waals surface area contributed by atoms with Crippen molar-refractivity contribution in [2.24, 2.45) is 0 Å². The summed E-state index contributed by atoms with van der Waals surface area (Å²) in [6, 6.07) is 6.60. The van der Waals surface area contributed by atoms with Gasteiger partial charge >= 0.3 is 0 Å². The number of hydrogen-bond acceptors (Lipinski definition) is 5. The number of aryl methyl sites for hydroxylation is 1. The van der Waals surface area contributed by atoms with Gasteiger partial charge in [0.05, 0.1) is 18.1 Å². The van der Waals surface area contributed by atoms with Crippen LogP contribution in [0.25, 0.3) is 0 Å². The first-order valence-electron chi connectivity index (χ1n) is 9.49. The lowest BCUT2D eigenvalue weighted by molar-refractivity contribution is 0.0306. The predicted octanol–water partition coefficient (Wildman–Crippen LogP) is 2.64. The van der Waals surface area contributed by atoms with Gasteiger partial charge in [0.15, 0.2) is 0 Å². The topological polar surface area (TPSA) is 50.6 Å². The summed E-state index contributed by atoms with van der Waals surface area (Å²) in [5.74, 6) is 0.160. The molecular formula is C19H26N4O2S. The quantitative estimate of drug-likeness (QED) is 0.780. The largest absolute Gasteiger partial charge is 0.378 e. The molecule has 0 saturated carbocycles. The number of likely N-dealkylation sites (tertiary alicyclic amines) is 1. The number of amides is 1. The van der Waals surface area contributed by atoms with Crippen LogP contribution in [-0.4, -0.2) is 64.9 Å². The van der Waals surface area contributed by atoms with Gasteiger partial charge in [-0.05, 0) is 44.0 Å². The minimum absolute atomic E-state index is 0.160. The zero-order chi connectivity index (χ0) is 17.8. The molecule has 0 N–H and O–H groups in total. The molecule has 2 aliphatic rings. The van der Waals surface area contributed by atoms with Gasteiger partial charge in [-0.1, -0.05) is 0 Å². The van der Waals surface area contributed by atoms with Crippen molar-refractivity contribution in [1.82, 2.24) is 19.6 Å². The lowest BCUT2D eigenvalue weighted by Crippen LogP contribution is -2.40. The maximum atomic E-state index is 12.7.